The van der Waals surface area contributed by atoms with Crippen molar-refractivity contribution < 1.29 is 20.2 Å². The minimum atomic E-state index is -0.883. The van der Waals surface area contributed by atoms with Crippen LogP contribution >= 0.6 is 0 Å². The Morgan fingerprint density at radius 1 is 1.00 bits per heavy atom. The Balaban J connectivity index is 0.00000420. The van der Waals surface area contributed by atoms with Gasteiger partial charge in [0.25, 0.3) is 5.91 Å². The Kier molecular flexibility index (Phi) is 9.86. The van der Waals surface area contributed by atoms with Gasteiger partial charge in [0, 0.05) is 38.9 Å². The molecule has 1 unspecified atom stereocenters. The lowest BCUT2D eigenvalue weighted by Gasteiger charge is -2.44. The Hall–Kier alpha value is -3.72. The first kappa shape index (κ1) is 29.8. The summed E-state index contributed by atoms with van der Waals surface area (Å²) in [5.74, 6) is -0.262. The number of carbonyl (C=O) groups is 2. The molecule has 0 aromatic heterocycles. The lowest BCUT2D eigenvalue weighted by molar-refractivity contribution is -0.134. The Morgan fingerprint density at radius 3 is 2.05 bits per heavy atom. The largest absolute Gasteiger partial charge is 0.412 e. The number of aliphatic hydroxyl groups is 1. The van der Waals surface area contributed by atoms with Crippen LogP contribution in [-0.4, -0.2) is 77.6 Å². The molecule has 3 atom stereocenters. The molecule has 0 saturated carbocycles. The Morgan fingerprint density at radius 2 is 1.54 bits per heavy atom. The number of nitrogens with one attached hydrogen (secondary N) is 1. The van der Waals surface area contributed by atoms with Crippen molar-refractivity contribution in [2.45, 2.75) is 43.4 Å². The molecule has 1 fully saturated rings. The molecule has 3 aromatic carbocycles. The zero-order valence-corrected chi connectivity index (χ0v) is 22.9. The van der Waals surface area contributed by atoms with E-state index in [1.807, 2.05) is 60.7 Å². The molecule has 39 heavy (non-hydrogen) atoms. The van der Waals surface area contributed by atoms with Crippen molar-refractivity contribution in [3.63, 3.8) is 0 Å². The molecule has 6 N–H and O–H groups in total. The van der Waals surface area contributed by atoms with E-state index in [2.05, 4.69) is 17.1 Å². The second-order valence-electron chi connectivity index (χ2n) is 10.4. The van der Waals surface area contributed by atoms with E-state index in [-0.39, 0.29) is 29.4 Å². The van der Waals surface area contributed by atoms with E-state index >= 15 is 0 Å². The average molecular weight is 533 g/mol. The maximum Gasteiger partial charge on any atom is 0.253 e. The highest BCUT2D eigenvalue weighted by molar-refractivity contribution is 5.99. The van der Waals surface area contributed by atoms with Gasteiger partial charge < -0.3 is 26.5 Å². The number of hydrogen-bond acceptors (Lipinski definition) is 5. The minimum absolute atomic E-state index is 0. The highest BCUT2D eigenvalue weighted by Gasteiger charge is 2.45. The van der Waals surface area contributed by atoms with Crippen molar-refractivity contribution in [2.75, 3.05) is 32.9 Å². The second-order valence-corrected chi connectivity index (χ2v) is 10.4. The first-order chi connectivity index (χ1) is 18.2. The third-order valence-electron chi connectivity index (χ3n) is 7.66. The van der Waals surface area contributed by atoms with Crippen LogP contribution in [0.4, 0.5) is 5.69 Å². The molecule has 8 nitrogen and oxygen atoms in total. The summed E-state index contributed by atoms with van der Waals surface area (Å²) < 4.78 is 0. The number of carbonyl (C=O) groups excluding carboxylic acids is 2. The summed E-state index contributed by atoms with van der Waals surface area (Å²) in [4.78, 5) is 30.6. The number of para-hydroxylation sites is 1. The van der Waals surface area contributed by atoms with Crippen molar-refractivity contribution in [3.05, 3.63) is 102 Å². The monoisotopic (exact) mass is 532 g/mol. The lowest BCUT2D eigenvalue weighted by Crippen LogP contribution is -2.57. The number of aliphatic hydroxyl groups excluding tert-OH is 1. The third kappa shape index (κ3) is 6.30. The van der Waals surface area contributed by atoms with Crippen LogP contribution < -0.4 is 11.1 Å². The van der Waals surface area contributed by atoms with E-state index in [1.165, 1.54) is 0 Å². The van der Waals surface area contributed by atoms with Gasteiger partial charge in [-0.05, 0) is 43.0 Å². The van der Waals surface area contributed by atoms with Gasteiger partial charge in [-0.15, -0.1) is 0 Å². The van der Waals surface area contributed by atoms with E-state index in [4.69, 9.17) is 5.73 Å². The van der Waals surface area contributed by atoms with Crippen molar-refractivity contribution >= 4 is 17.5 Å². The van der Waals surface area contributed by atoms with Crippen LogP contribution in [0.25, 0.3) is 0 Å². The van der Waals surface area contributed by atoms with Crippen LogP contribution in [0.5, 0.6) is 0 Å². The zero-order chi connectivity index (χ0) is 27.3. The smallest absolute Gasteiger partial charge is 0.253 e. The quantitative estimate of drug-likeness (QED) is 0.384. The van der Waals surface area contributed by atoms with Crippen molar-refractivity contribution in [1.29, 1.82) is 0 Å². The number of anilines is 1. The van der Waals surface area contributed by atoms with Crippen LogP contribution in [0, 0.1) is 0 Å². The average Bonchev–Trinajstić information content (AvgIpc) is 2.93. The van der Waals surface area contributed by atoms with Crippen molar-refractivity contribution in [1.82, 2.24) is 15.1 Å². The number of rotatable bonds is 8. The highest BCUT2D eigenvalue weighted by atomic mass is 16.3. The zero-order valence-electron chi connectivity index (χ0n) is 22.9. The van der Waals surface area contributed by atoms with Gasteiger partial charge in [0.15, 0.2) is 0 Å². The number of hydrogen-bond donors (Lipinski definition) is 3. The molecule has 8 heteroatoms. The summed E-state index contributed by atoms with van der Waals surface area (Å²) in [5.41, 5.74) is 7.79. The van der Waals surface area contributed by atoms with Gasteiger partial charge in [-0.2, -0.15) is 0 Å². The van der Waals surface area contributed by atoms with Crippen LogP contribution in [0.15, 0.2) is 84.9 Å². The maximum atomic E-state index is 14.0. The topological polar surface area (TPSA) is 130 Å². The van der Waals surface area contributed by atoms with Crippen LogP contribution in [0.2, 0.25) is 0 Å². The number of nitrogens with two attached hydrogens (primary N) is 1. The minimum Gasteiger partial charge on any atom is -0.412 e. The fraction of sp³-hybridized carbons (Fsp3) is 0.355. The SMILES string of the molecule is CC(CC(C(=O)N(C)C)(c1ccccc1)c1ccccc1)N1CC[C@H](NC(=O)c2ccccc2N)[C@@H](O)C1.O. The predicted octanol–water partition coefficient (Wildman–Crippen LogP) is 2.46. The van der Waals surface area contributed by atoms with Gasteiger partial charge in [-0.25, -0.2) is 0 Å². The highest BCUT2D eigenvalue weighted by Crippen LogP contribution is 2.39. The summed E-state index contributed by atoms with van der Waals surface area (Å²) in [7, 11) is 3.59. The summed E-state index contributed by atoms with van der Waals surface area (Å²) in [6.45, 7) is 3.19. The molecule has 0 bridgehead atoms. The fourth-order valence-electron chi connectivity index (χ4n) is 5.61. The van der Waals surface area contributed by atoms with Gasteiger partial charge >= 0.3 is 0 Å². The van der Waals surface area contributed by atoms with Gasteiger partial charge in [0.2, 0.25) is 5.91 Å². The van der Waals surface area contributed by atoms with Gasteiger partial charge in [-0.1, -0.05) is 72.8 Å². The van der Waals surface area contributed by atoms with Crippen molar-refractivity contribution in [2.24, 2.45) is 0 Å². The second kappa shape index (κ2) is 12.9. The number of benzene rings is 3. The van der Waals surface area contributed by atoms with E-state index in [9.17, 15) is 14.7 Å². The molecule has 2 amide bonds. The molecular weight excluding hydrogens is 492 g/mol. The molecule has 3 aromatic rings. The number of β-amino-alcohol motifs (C(OH)–C–C–N with tert-alkyl or cyclic N) is 1. The van der Waals surface area contributed by atoms with E-state index in [0.717, 1.165) is 11.1 Å². The predicted molar refractivity (Wildman–Crippen MR) is 154 cm³/mol. The molecule has 1 heterocycles. The van der Waals surface area contributed by atoms with Crippen LogP contribution in [-0.2, 0) is 10.2 Å². The molecular formula is C31H40N4O4. The number of likely N-dealkylation sites (N-methyl/N-ethyl adjacent to an activating group) is 1. The van der Waals surface area contributed by atoms with Gasteiger partial charge in [0.1, 0.15) is 5.41 Å². The molecule has 1 saturated heterocycles. The number of likely N-dealkylation sites (tertiary alicyclic amines) is 1. The van der Waals surface area contributed by atoms with Crippen LogP contribution in [0.3, 0.4) is 0 Å². The number of piperidine rings is 1. The fourth-order valence-corrected chi connectivity index (χ4v) is 5.61. The van der Waals surface area contributed by atoms with E-state index < -0.39 is 11.5 Å². The van der Waals surface area contributed by atoms with Gasteiger partial charge in [0.05, 0.1) is 17.7 Å². The molecule has 1 aliphatic rings. The first-order valence-electron chi connectivity index (χ1n) is 13.1. The summed E-state index contributed by atoms with van der Waals surface area (Å²) in [6, 6.07) is 26.4. The standard InChI is InChI=1S/C31H38N4O3.H2O/c1-22(35-19-18-27(28(36)21-35)33-29(37)25-16-10-11-17-26(25)32)20-31(30(38)34(2)3,23-12-6-4-7-13-23)24-14-8-5-9-15-24;/h4-17,22,27-28,36H,18-21,32H2,1-3H3,(H,33,37);1H2/t22?,27-,28-;/m0./s1. The normalized spacial score (nSPS) is 18.5. The van der Waals surface area contributed by atoms with Crippen LogP contribution in [0.1, 0.15) is 41.3 Å². The number of nitrogen functional groups attached to an aromatic ring is 1. The maximum absolute atomic E-state index is 14.0. The Bertz CT molecular complexity index is 1200. The molecule has 4 rings (SSSR count). The summed E-state index contributed by atoms with van der Waals surface area (Å²) in [6.07, 6.45) is 0.393. The molecule has 208 valence electrons. The summed E-state index contributed by atoms with van der Waals surface area (Å²) in [5, 5.41) is 14.0. The molecule has 0 aliphatic carbocycles. The molecule has 0 spiro atoms. The Labute approximate surface area is 230 Å². The third-order valence-corrected chi connectivity index (χ3v) is 7.66. The molecule has 0 radical (unpaired) electrons. The van der Waals surface area contributed by atoms with Gasteiger partial charge in [-0.3, -0.25) is 14.5 Å². The van der Waals surface area contributed by atoms with E-state index in [0.29, 0.717) is 37.2 Å². The number of nitrogens with zero attached hydrogens (tertiary/aromatic N) is 2. The summed E-state index contributed by atoms with van der Waals surface area (Å²) >= 11 is 0. The van der Waals surface area contributed by atoms with Crippen molar-refractivity contribution in [3.8, 4) is 0 Å². The molecule has 1 aliphatic heterocycles. The first-order valence-corrected chi connectivity index (χ1v) is 13.1. The number of amides is 2. The van der Waals surface area contributed by atoms with E-state index in [1.54, 1.807) is 43.3 Å². The lowest BCUT2D eigenvalue weighted by atomic mass is 9.69.